The minimum Gasteiger partial charge on any atom is -0.391 e. The molecule has 1 saturated heterocycles. The first-order chi connectivity index (χ1) is 6.15. The number of nitrogens with zero attached hydrogens (tertiary/aromatic N) is 1. The Morgan fingerprint density at radius 3 is 2.92 bits per heavy atom. The highest BCUT2D eigenvalue weighted by Crippen LogP contribution is 2.16. The summed E-state index contributed by atoms with van der Waals surface area (Å²) < 4.78 is 4.75. The lowest BCUT2D eigenvalue weighted by atomic mass is 9.96. The smallest absolute Gasteiger partial charge is 0.248 e. The van der Waals surface area contributed by atoms with Gasteiger partial charge in [0.2, 0.25) is 5.91 Å². The first-order valence-electron chi connectivity index (χ1n) is 4.60. The van der Waals surface area contributed by atoms with E-state index in [1.807, 2.05) is 6.92 Å². The number of aliphatic hydroxyl groups excluding tert-OH is 1. The van der Waals surface area contributed by atoms with Crippen molar-refractivity contribution in [3.8, 4) is 0 Å². The standard InChI is InChI=1S/C9H17NO3/c1-7-3-4-10(5-8(7)11)9(12)6-13-2/h7-8,11H,3-6H2,1-2H3. The van der Waals surface area contributed by atoms with Gasteiger partial charge in [-0.25, -0.2) is 0 Å². The SMILES string of the molecule is COCC(=O)N1CCC(C)C(O)C1. The molecule has 1 heterocycles. The van der Waals surface area contributed by atoms with E-state index in [1.54, 1.807) is 4.90 Å². The average molecular weight is 187 g/mol. The summed E-state index contributed by atoms with van der Waals surface area (Å²) in [4.78, 5) is 13.0. The van der Waals surface area contributed by atoms with Gasteiger partial charge in [0, 0.05) is 20.2 Å². The molecule has 1 aliphatic heterocycles. The quantitative estimate of drug-likeness (QED) is 0.654. The van der Waals surface area contributed by atoms with Crippen LogP contribution in [0.4, 0.5) is 0 Å². The maximum atomic E-state index is 11.3. The van der Waals surface area contributed by atoms with Crippen LogP contribution in [0.5, 0.6) is 0 Å². The fourth-order valence-corrected chi connectivity index (χ4v) is 1.49. The van der Waals surface area contributed by atoms with Crippen LogP contribution in [0.3, 0.4) is 0 Å². The van der Waals surface area contributed by atoms with Crippen LogP contribution in [0.1, 0.15) is 13.3 Å². The summed E-state index contributed by atoms with van der Waals surface area (Å²) in [6, 6.07) is 0. The zero-order valence-electron chi connectivity index (χ0n) is 8.19. The Bertz CT molecular complexity index is 184. The summed E-state index contributed by atoms with van der Waals surface area (Å²) in [5.74, 6) is 0.264. The van der Waals surface area contributed by atoms with Gasteiger partial charge in [-0.3, -0.25) is 4.79 Å². The van der Waals surface area contributed by atoms with Gasteiger partial charge in [0.1, 0.15) is 6.61 Å². The Morgan fingerprint density at radius 2 is 2.38 bits per heavy atom. The van der Waals surface area contributed by atoms with E-state index in [9.17, 15) is 9.90 Å². The third kappa shape index (κ3) is 2.67. The molecule has 2 atom stereocenters. The monoisotopic (exact) mass is 187 g/mol. The minimum atomic E-state index is -0.380. The molecule has 0 bridgehead atoms. The van der Waals surface area contributed by atoms with Gasteiger partial charge in [0.05, 0.1) is 6.10 Å². The highest BCUT2D eigenvalue weighted by Gasteiger charge is 2.26. The fourth-order valence-electron chi connectivity index (χ4n) is 1.49. The van der Waals surface area contributed by atoms with Gasteiger partial charge in [-0.05, 0) is 12.3 Å². The predicted molar refractivity (Wildman–Crippen MR) is 48.2 cm³/mol. The number of hydrogen-bond acceptors (Lipinski definition) is 3. The average Bonchev–Trinajstić information content (AvgIpc) is 2.10. The molecule has 1 N–H and O–H groups in total. The lowest BCUT2D eigenvalue weighted by Gasteiger charge is -2.34. The van der Waals surface area contributed by atoms with Crippen molar-refractivity contribution in [2.75, 3.05) is 26.8 Å². The third-order valence-corrected chi connectivity index (χ3v) is 2.54. The van der Waals surface area contributed by atoms with Crippen LogP contribution in [0, 0.1) is 5.92 Å². The van der Waals surface area contributed by atoms with Crippen molar-refractivity contribution in [2.45, 2.75) is 19.4 Å². The van der Waals surface area contributed by atoms with Gasteiger partial charge in [0.15, 0.2) is 0 Å². The van der Waals surface area contributed by atoms with Gasteiger partial charge < -0.3 is 14.7 Å². The van der Waals surface area contributed by atoms with Crippen molar-refractivity contribution in [1.82, 2.24) is 4.90 Å². The Kier molecular flexibility index (Phi) is 3.69. The summed E-state index contributed by atoms with van der Waals surface area (Å²) in [5.41, 5.74) is 0. The van der Waals surface area contributed by atoms with E-state index in [0.717, 1.165) is 13.0 Å². The molecule has 4 heteroatoms. The molecule has 0 aromatic heterocycles. The zero-order chi connectivity index (χ0) is 9.84. The second-order valence-electron chi connectivity index (χ2n) is 3.61. The molecule has 0 radical (unpaired) electrons. The molecule has 76 valence electrons. The number of carbonyl (C=O) groups is 1. The number of ether oxygens (including phenoxy) is 1. The molecule has 1 amide bonds. The van der Waals surface area contributed by atoms with Crippen molar-refractivity contribution in [1.29, 1.82) is 0 Å². The number of β-amino-alcohol motifs (C(OH)–C–C–N with tert-alkyl or cyclic N) is 1. The van der Waals surface area contributed by atoms with Crippen LogP contribution in [0.2, 0.25) is 0 Å². The Hall–Kier alpha value is -0.610. The number of likely N-dealkylation sites (tertiary alicyclic amines) is 1. The summed E-state index contributed by atoms with van der Waals surface area (Å²) in [6.45, 7) is 3.30. The lowest BCUT2D eigenvalue weighted by molar-refractivity contribution is -0.139. The predicted octanol–water partition coefficient (Wildman–Crippen LogP) is -0.138. The molecule has 1 rings (SSSR count). The molecule has 0 spiro atoms. The Morgan fingerprint density at radius 1 is 1.69 bits per heavy atom. The van der Waals surface area contributed by atoms with Crippen molar-refractivity contribution < 1.29 is 14.6 Å². The summed E-state index contributed by atoms with van der Waals surface area (Å²) in [6.07, 6.45) is 0.492. The highest BCUT2D eigenvalue weighted by atomic mass is 16.5. The van der Waals surface area contributed by atoms with E-state index in [2.05, 4.69) is 0 Å². The summed E-state index contributed by atoms with van der Waals surface area (Å²) >= 11 is 0. The minimum absolute atomic E-state index is 0.0338. The second-order valence-corrected chi connectivity index (χ2v) is 3.61. The van der Waals surface area contributed by atoms with E-state index in [-0.39, 0.29) is 18.6 Å². The van der Waals surface area contributed by atoms with Gasteiger partial charge >= 0.3 is 0 Å². The third-order valence-electron chi connectivity index (χ3n) is 2.54. The van der Waals surface area contributed by atoms with E-state index in [4.69, 9.17) is 4.74 Å². The number of rotatable bonds is 2. The second kappa shape index (κ2) is 4.58. The number of amides is 1. The maximum absolute atomic E-state index is 11.3. The number of methoxy groups -OCH3 is 1. The normalized spacial score (nSPS) is 29.0. The van der Waals surface area contributed by atoms with Crippen molar-refractivity contribution >= 4 is 5.91 Å². The van der Waals surface area contributed by atoms with Gasteiger partial charge in [-0.2, -0.15) is 0 Å². The number of aliphatic hydroxyl groups is 1. The lowest BCUT2D eigenvalue weighted by Crippen LogP contribution is -2.46. The highest BCUT2D eigenvalue weighted by molar-refractivity contribution is 5.77. The Balaban J connectivity index is 2.40. The molecule has 0 aliphatic carbocycles. The van der Waals surface area contributed by atoms with E-state index in [1.165, 1.54) is 7.11 Å². The summed E-state index contributed by atoms with van der Waals surface area (Å²) in [5, 5.41) is 9.53. The van der Waals surface area contributed by atoms with Gasteiger partial charge in [0.25, 0.3) is 0 Å². The van der Waals surface area contributed by atoms with Crippen LogP contribution in [0.15, 0.2) is 0 Å². The molecule has 4 nitrogen and oxygen atoms in total. The van der Waals surface area contributed by atoms with Crippen LogP contribution < -0.4 is 0 Å². The molecule has 2 unspecified atom stereocenters. The zero-order valence-corrected chi connectivity index (χ0v) is 8.19. The topological polar surface area (TPSA) is 49.8 Å². The van der Waals surface area contributed by atoms with Crippen LogP contribution in [-0.4, -0.2) is 48.8 Å². The van der Waals surface area contributed by atoms with Crippen molar-refractivity contribution in [3.63, 3.8) is 0 Å². The molecule has 1 aliphatic rings. The van der Waals surface area contributed by atoms with E-state index < -0.39 is 0 Å². The molecule has 13 heavy (non-hydrogen) atoms. The van der Waals surface area contributed by atoms with E-state index >= 15 is 0 Å². The Labute approximate surface area is 78.5 Å². The summed E-state index contributed by atoms with van der Waals surface area (Å²) in [7, 11) is 1.50. The molecule has 0 saturated carbocycles. The molecule has 1 fully saturated rings. The van der Waals surface area contributed by atoms with E-state index in [0.29, 0.717) is 12.5 Å². The maximum Gasteiger partial charge on any atom is 0.248 e. The van der Waals surface area contributed by atoms with Crippen molar-refractivity contribution in [3.05, 3.63) is 0 Å². The molecular weight excluding hydrogens is 170 g/mol. The molecule has 0 aromatic rings. The first kappa shape index (κ1) is 10.5. The molecular formula is C9H17NO3. The first-order valence-corrected chi connectivity index (χ1v) is 4.60. The van der Waals surface area contributed by atoms with Crippen LogP contribution >= 0.6 is 0 Å². The van der Waals surface area contributed by atoms with Gasteiger partial charge in [-0.1, -0.05) is 6.92 Å². The van der Waals surface area contributed by atoms with Crippen LogP contribution in [0.25, 0.3) is 0 Å². The molecule has 0 aromatic carbocycles. The fraction of sp³-hybridized carbons (Fsp3) is 0.889. The largest absolute Gasteiger partial charge is 0.391 e. The van der Waals surface area contributed by atoms with Crippen LogP contribution in [-0.2, 0) is 9.53 Å². The van der Waals surface area contributed by atoms with Gasteiger partial charge in [-0.15, -0.1) is 0 Å². The number of hydrogen-bond donors (Lipinski definition) is 1. The number of carbonyl (C=O) groups excluding carboxylic acids is 1. The van der Waals surface area contributed by atoms with Crippen molar-refractivity contribution in [2.24, 2.45) is 5.92 Å². The number of piperidine rings is 1.